The minimum absolute atomic E-state index is 0.236. The van der Waals surface area contributed by atoms with Crippen LogP contribution in [-0.2, 0) is 10.0 Å². The van der Waals surface area contributed by atoms with Crippen molar-refractivity contribution in [3.8, 4) is 0 Å². The average Bonchev–Trinajstić information content (AvgIpc) is 2.29. The van der Waals surface area contributed by atoms with Crippen molar-refractivity contribution in [1.29, 1.82) is 0 Å². The first kappa shape index (κ1) is 10.0. The van der Waals surface area contributed by atoms with Gasteiger partial charge in [0.2, 0.25) is 0 Å². The summed E-state index contributed by atoms with van der Waals surface area (Å²) in [5.74, 6) is -1.31. The van der Waals surface area contributed by atoms with Crippen molar-refractivity contribution < 1.29 is 18.3 Å². The molecule has 0 bridgehead atoms. The molecule has 0 unspecified atom stereocenters. The van der Waals surface area contributed by atoms with Crippen LogP contribution in [0.5, 0.6) is 0 Å². The Morgan fingerprint density at radius 1 is 1.62 bits per heavy atom. The van der Waals surface area contributed by atoms with Crippen LogP contribution in [0.1, 0.15) is 10.5 Å². The van der Waals surface area contributed by atoms with E-state index in [4.69, 9.17) is 21.8 Å². The number of nitrogens with two attached hydrogens (primary N) is 1. The predicted octanol–water partition coefficient (Wildman–Crippen LogP) is 0.0137. The number of aromatic nitrogens is 1. The monoisotopic (exact) mass is 224 g/mol. The molecule has 4 N–H and O–H groups in total. The van der Waals surface area contributed by atoms with E-state index in [2.05, 4.69) is 4.98 Å². The van der Waals surface area contributed by atoms with Crippen molar-refractivity contribution in [1.82, 2.24) is 4.98 Å². The molecule has 1 aromatic heterocycles. The van der Waals surface area contributed by atoms with Crippen LogP contribution in [0.3, 0.4) is 0 Å². The molecule has 0 spiro atoms. The molecule has 6 nitrogen and oxygen atoms in total. The Morgan fingerprint density at radius 2 is 2.15 bits per heavy atom. The largest absolute Gasteiger partial charge is 0.477 e. The van der Waals surface area contributed by atoms with Gasteiger partial charge < -0.3 is 10.1 Å². The number of sulfonamides is 1. The molecule has 0 atom stereocenters. The normalized spacial score (nSPS) is 11.5. The van der Waals surface area contributed by atoms with E-state index in [1.165, 1.54) is 0 Å². The highest BCUT2D eigenvalue weighted by Crippen LogP contribution is 2.20. The van der Waals surface area contributed by atoms with E-state index in [1.807, 2.05) is 0 Å². The molecule has 0 amide bonds. The van der Waals surface area contributed by atoms with Gasteiger partial charge >= 0.3 is 5.97 Å². The number of carbonyl (C=O) groups is 1. The first-order valence-corrected chi connectivity index (χ1v) is 4.89. The SMILES string of the molecule is NS(=O)(=O)c1[nH]c(C(=O)O)cc1Cl. The van der Waals surface area contributed by atoms with E-state index >= 15 is 0 Å². The van der Waals surface area contributed by atoms with Crippen LogP contribution >= 0.6 is 11.6 Å². The van der Waals surface area contributed by atoms with Gasteiger partial charge in [-0.15, -0.1) is 0 Å². The molecule has 0 fully saturated rings. The van der Waals surface area contributed by atoms with Crippen molar-refractivity contribution in [2.45, 2.75) is 5.03 Å². The summed E-state index contributed by atoms with van der Waals surface area (Å²) < 4.78 is 21.5. The number of aromatic carboxylic acids is 1. The van der Waals surface area contributed by atoms with Gasteiger partial charge in [0.1, 0.15) is 5.69 Å². The van der Waals surface area contributed by atoms with Crippen LogP contribution < -0.4 is 5.14 Å². The Morgan fingerprint density at radius 3 is 2.38 bits per heavy atom. The Kier molecular flexibility index (Phi) is 2.33. The Hall–Kier alpha value is -1.05. The number of hydrogen-bond donors (Lipinski definition) is 3. The zero-order chi connectivity index (χ0) is 10.2. The van der Waals surface area contributed by atoms with Crippen molar-refractivity contribution in [2.75, 3.05) is 0 Å². The fourth-order valence-electron chi connectivity index (χ4n) is 0.733. The summed E-state index contributed by atoms with van der Waals surface area (Å²) in [5, 5.41) is 12.5. The standard InChI is InChI=1S/C5H5ClN2O4S/c6-2-1-3(5(9)10)8-4(2)13(7,11)12/h1,8H,(H,9,10)(H2,7,11,12). The third kappa shape index (κ3) is 2.00. The maximum absolute atomic E-state index is 10.8. The number of hydrogen-bond acceptors (Lipinski definition) is 3. The van der Waals surface area contributed by atoms with Crippen LogP contribution in [0.2, 0.25) is 5.02 Å². The third-order valence-electron chi connectivity index (χ3n) is 1.25. The molecular formula is C5H5ClN2O4S. The highest BCUT2D eigenvalue weighted by atomic mass is 35.5. The van der Waals surface area contributed by atoms with E-state index in [9.17, 15) is 13.2 Å². The van der Waals surface area contributed by atoms with E-state index in [1.54, 1.807) is 0 Å². The number of aromatic amines is 1. The Labute approximate surface area is 78.4 Å². The second-order valence-electron chi connectivity index (χ2n) is 2.21. The molecule has 0 radical (unpaired) electrons. The lowest BCUT2D eigenvalue weighted by Gasteiger charge is -1.92. The number of carboxylic acids is 1. The number of halogens is 1. The van der Waals surface area contributed by atoms with Gasteiger partial charge in [-0.25, -0.2) is 18.4 Å². The molecule has 1 rings (SSSR count). The summed E-state index contributed by atoms with van der Waals surface area (Å²) in [4.78, 5) is 12.4. The minimum Gasteiger partial charge on any atom is -0.477 e. The molecule has 72 valence electrons. The lowest BCUT2D eigenvalue weighted by Crippen LogP contribution is -2.13. The van der Waals surface area contributed by atoms with Crippen LogP contribution in [0.15, 0.2) is 11.1 Å². The van der Waals surface area contributed by atoms with Gasteiger partial charge in [-0.1, -0.05) is 11.6 Å². The van der Waals surface area contributed by atoms with Gasteiger partial charge in [0, 0.05) is 0 Å². The maximum Gasteiger partial charge on any atom is 0.352 e. The molecule has 1 heterocycles. The molecule has 0 aromatic carbocycles. The highest BCUT2D eigenvalue weighted by molar-refractivity contribution is 7.89. The van der Waals surface area contributed by atoms with E-state index in [0.29, 0.717) is 0 Å². The number of H-pyrrole nitrogens is 1. The molecule has 1 aromatic rings. The lowest BCUT2D eigenvalue weighted by atomic mass is 10.4. The maximum atomic E-state index is 10.8. The van der Waals surface area contributed by atoms with Gasteiger partial charge in [0.15, 0.2) is 5.03 Å². The van der Waals surface area contributed by atoms with Crippen LogP contribution in [0.4, 0.5) is 0 Å². The van der Waals surface area contributed by atoms with Gasteiger partial charge in [-0.2, -0.15) is 0 Å². The molecule has 8 heteroatoms. The molecule has 0 saturated heterocycles. The van der Waals surface area contributed by atoms with E-state index in [-0.39, 0.29) is 10.7 Å². The zero-order valence-corrected chi connectivity index (χ0v) is 7.69. The number of nitrogens with one attached hydrogen (secondary N) is 1. The Bertz CT molecular complexity index is 449. The van der Waals surface area contributed by atoms with Crippen molar-refractivity contribution in [3.63, 3.8) is 0 Å². The second kappa shape index (κ2) is 3.02. The third-order valence-corrected chi connectivity index (χ3v) is 2.55. The molecule has 0 aliphatic rings. The quantitative estimate of drug-likeness (QED) is 0.657. The average molecular weight is 225 g/mol. The van der Waals surface area contributed by atoms with Crippen molar-refractivity contribution in [3.05, 3.63) is 16.8 Å². The van der Waals surface area contributed by atoms with Crippen molar-refractivity contribution in [2.24, 2.45) is 5.14 Å². The summed E-state index contributed by atoms with van der Waals surface area (Å²) in [6.07, 6.45) is 0. The summed E-state index contributed by atoms with van der Waals surface area (Å²) in [6.45, 7) is 0. The van der Waals surface area contributed by atoms with Crippen LogP contribution in [-0.4, -0.2) is 24.5 Å². The fraction of sp³-hybridized carbons (Fsp3) is 0. The zero-order valence-electron chi connectivity index (χ0n) is 6.11. The molecule has 0 aliphatic carbocycles. The first-order chi connectivity index (χ1) is 5.82. The number of rotatable bonds is 2. The van der Waals surface area contributed by atoms with Crippen LogP contribution in [0.25, 0.3) is 0 Å². The van der Waals surface area contributed by atoms with Crippen molar-refractivity contribution >= 4 is 27.6 Å². The highest BCUT2D eigenvalue weighted by Gasteiger charge is 2.18. The van der Waals surface area contributed by atoms with E-state index in [0.717, 1.165) is 6.07 Å². The fourth-order valence-corrected chi connectivity index (χ4v) is 1.79. The summed E-state index contributed by atoms with van der Waals surface area (Å²) in [7, 11) is -4.00. The van der Waals surface area contributed by atoms with Gasteiger partial charge in [-0.3, -0.25) is 0 Å². The van der Waals surface area contributed by atoms with Gasteiger partial charge in [0.05, 0.1) is 5.02 Å². The van der Waals surface area contributed by atoms with Gasteiger partial charge in [0.25, 0.3) is 10.0 Å². The summed E-state index contributed by atoms with van der Waals surface area (Å²) >= 11 is 5.42. The molecular weight excluding hydrogens is 220 g/mol. The molecule has 0 aliphatic heterocycles. The first-order valence-electron chi connectivity index (χ1n) is 2.97. The summed E-state index contributed by atoms with van der Waals surface area (Å²) in [6, 6.07) is 0.976. The lowest BCUT2D eigenvalue weighted by molar-refractivity contribution is 0.0691. The van der Waals surface area contributed by atoms with E-state index < -0.39 is 21.0 Å². The predicted molar refractivity (Wildman–Crippen MR) is 44.1 cm³/mol. The second-order valence-corrected chi connectivity index (χ2v) is 4.12. The smallest absolute Gasteiger partial charge is 0.352 e. The topological polar surface area (TPSA) is 113 Å². The Balaban J connectivity index is 3.35. The van der Waals surface area contributed by atoms with Crippen LogP contribution in [0, 0.1) is 0 Å². The minimum atomic E-state index is -4.00. The molecule has 13 heavy (non-hydrogen) atoms. The number of primary sulfonamides is 1. The summed E-state index contributed by atoms with van der Waals surface area (Å²) in [5.41, 5.74) is -0.325. The number of carboxylic acid groups (broad SMARTS) is 1. The molecule has 0 saturated carbocycles. The van der Waals surface area contributed by atoms with Gasteiger partial charge in [-0.05, 0) is 6.07 Å².